The monoisotopic (exact) mass is 1060 g/mol. The fourth-order valence-electron chi connectivity index (χ4n) is 5.76. The van der Waals surface area contributed by atoms with Crippen molar-refractivity contribution in [1.82, 2.24) is 19.6 Å². The minimum Gasteiger partial charge on any atom is -0.480 e. The molecule has 1 aliphatic heterocycles. The number of nitrogens with zero attached hydrogens (tertiary/aromatic N) is 5. The van der Waals surface area contributed by atoms with Crippen LogP contribution in [0.25, 0.3) is 0 Å². The molecule has 0 spiro atoms. The van der Waals surface area contributed by atoms with Gasteiger partial charge in [0.15, 0.2) is 4.84 Å². The zero-order chi connectivity index (χ0) is 50.1. The van der Waals surface area contributed by atoms with Crippen LogP contribution in [0.5, 0.6) is 0 Å². The zero-order valence-electron chi connectivity index (χ0n) is 37.1. The summed E-state index contributed by atoms with van der Waals surface area (Å²) in [5, 5.41) is 10.3. The predicted octanol–water partition coefficient (Wildman–Crippen LogP) is 6.75. The number of carbonyl (C=O) groups excluding carboxylic acids is 3. The van der Waals surface area contributed by atoms with E-state index < -0.39 is 43.0 Å². The second-order valence-corrected chi connectivity index (χ2v) is 19.1. The quantitative estimate of drug-likeness (QED) is 0.0321. The van der Waals surface area contributed by atoms with Gasteiger partial charge >= 0.3 is 24.4 Å². The van der Waals surface area contributed by atoms with Gasteiger partial charge in [-0.15, -0.1) is 36.5 Å². The first-order chi connectivity index (χ1) is 31.1. The van der Waals surface area contributed by atoms with Crippen LogP contribution < -0.4 is 19.9 Å². The van der Waals surface area contributed by atoms with Gasteiger partial charge in [0.25, 0.3) is 5.91 Å². The number of para-hydroxylation sites is 1. The number of aromatic nitrogens is 2. The van der Waals surface area contributed by atoms with Crippen LogP contribution >= 0.6 is 77.1 Å². The first kappa shape index (κ1) is 60.5. The van der Waals surface area contributed by atoms with E-state index in [0.717, 1.165) is 65.2 Å². The topological polar surface area (TPSA) is 222 Å². The predicted molar refractivity (Wildman–Crippen MR) is 260 cm³/mol. The molecular weight excluding hydrogens is 1010 g/mol. The summed E-state index contributed by atoms with van der Waals surface area (Å²) in [6, 6.07) is 8.69. The van der Waals surface area contributed by atoms with Gasteiger partial charge in [-0.25, -0.2) is 14.1 Å². The Balaban J connectivity index is 0.000000471. The molecular formula is C41H56Cl4FN6O11PS2. The number of methoxy groups -OCH3 is 2. The van der Waals surface area contributed by atoms with E-state index in [1.165, 1.54) is 18.1 Å². The molecule has 0 fully saturated rings. The third-order valence-electron chi connectivity index (χ3n) is 8.65. The number of halogens is 5. The maximum Gasteiger partial charge on any atom is 0.339 e. The average molecular weight is 1060 g/mol. The third-order valence-corrected chi connectivity index (χ3v) is 12.2. The highest BCUT2D eigenvalue weighted by atomic mass is 35.5. The number of aliphatic carboxylic acids is 1. The molecule has 66 heavy (non-hydrogen) atoms. The highest BCUT2D eigenvalue weighted by Crippen LogP contribution is 2.34. The molecule has 17 nitrogen and oxygen atoms in total. The van der Waals surface area contributed by atoms with Crippen molar-refractivity contribution in [2.45, 2.75) is 68.9 Å². The number of ether oxygens (including phenoxy) is 2. The summed E-state index contributed by atoms with van der Waals surface area (Å²) in [6.07, 6.45) is 5.39. The van der Waals surface area contributed by atoms with Crippen molar-refractivity contribution in [3.8, 4) is 0 Å². The lowest BCUT2D eigenvalue weighted by atomic mass is 10.0. The number of carboxylic acids is 1. The molecule has 2 amide bonds. The second-order valence-electron chi connectivity index (χ2n) is 13.7. The summed E-state index contributed by atoms with van der Waals surface area (Å²) in [5.41, 5.74) is 3.29. The average Bonchev–Trinajstić information content (AvgIpc) is 3.58. The van der Waals surface area contributed by atoms with E-state index in [9.17, 15) is 32.9 Å². The molecule has 25 heteroatoms. The summed E-state index contributed by atoms with van der Waals surface area (Å²) >= 11 is 24.7. The van der Waals surface area contributed by atoms with Crippen LogP contribution in [0, 0.1) is 12.7 Å². The van der Waals surface area contributed by atoms with Gasteiger partial charge in [-0.1, -0.05) is 72.1 Å². The van der Waals surface area contributed by atoms with E-state index in [0.29, 0.717) is 42.5 Å². The molecule has 1 unspecified atom stereocenters. The molecule has 2 aromatic carbocycles. The van der Waals surface area contributed by atoms with E-state index >= 15 is 0 Å². The lowest BCUT2D eigenvalue weighted by molar-refractivity contribution is -0.137. The number of nitrogens with one attached hydrogen (secondary N) is 1. The summed E-state index contributed by atoms with van der Waals surface area (Å²) in [6.45, 7) is 15.3. The number of carbonyl (C=O) groups is 4. The summed E-state index contributed by atoms with van der Waals surface area (Å²) < 4.78 is 37.5. The number of thioether (sulfide) groups is 1. The number of fused-ring (bicyclic) bond motifs is 1. The molecule has 0 saturated carbocycles. The fourth-order valence-corrected chi connectivity index (χ4v) is 8.56. The van der Waals surface area contributed by atoms with Crippen molar-refractivity contribution in [3.05, 3.63) is 92.1 Å². The van der Waals surface area contributed by atoms with E-state index in [2.05, 4.69) is 41.2 Å². The number of esters is 1. The molecule has 4 rings (SSSR count). The number of hydrogen-bond acceptors (Lipinski definition) is 12. The molecule has 3 aromatic rings. The van der Waals surface area contributed by atoms with E-state index in [1.807, 2.05) is 26.0 Å². The Kier molecular flexibility index (Phi) is 28.9. The molecule has 0 saturated heterocycles. The van der Waals surface area contributed by atoms with Crippen molar-refractivity contribution in [3.63, 3.8) is 0 Å². The van der Waals surface area contributed by atoms with Gasteiger partial charge in [0.1, 0.15) is 17.4 Å². The van der Waals surface area contributed by atoms with Crippen LogP contribution in [0.15, 0.2) is 70.3 Å². The molecule has 2 heterocycles. The Morgan fingerprint density at radius 2 is 1.73 bits per heavy atom. The Bertz CT molecular complexity index is 2270. The molecule has 368 valence electrons. The van der Waals surface area contributed by atoms with Crippen molar-refractivity contribution in [2.24, 2.45) is 4.99 Å². The number of carboxylic acid groups (broad SMARTS) is 1. The van der Waals surface area contributed by atoms with Gasteiger partial charge in [0.2, 0.25) is 10.7 Å². The van der Waals surface area contributed by atoms with Gasteiger partial charge in [-0.05, 0) is 67.7 Å². The Labute approximate surface area is 411 Å². The molecule has 1 aromatic heterocycles. The molecule has 1 atom stereocenters. The largest absolute Gasteiger partial charge is 0.480 e. The third kappa shape index (κ3) is 21.2. The molecule has 0 bridgehead atoms. The lowest BCUT2D eigenvalue weighted by Crippen LogP contribution is -2.43. The Morgan fingerprint density at radius 1 is 1.11 bits per heavy atom. The number of rotatable bonds is 19. The van der Waals surface area contributed by atoms with Crippen molar-refractivity contribution >= 4 is 112 Å². The van der Waals surface area contributed by atoms with Crippen LogP contribution in [0.2, 0.25) is 5.02 Å². The molecule has 1 aliphatic rings. The lowest BCUT2D eigenvalue weighted by Gasteiger charge is -2.31. The minimum atomic E-state index is -4.10. The number of aryl methyl sites for hydroxylation is 2. The maximum absolute atomic E-state index is 14.3. The summed E-state index contributed by atoms with van der Waals surface area (Å²) in [7, 11) is -1.16. The van der Waals surface area contributed by atoms with Crippen LogP contribution in [0.1, 0.15) is 37.8 Å². The van der Waals surface area contributed by atoms with Gasteiger partial charge in [0, 0.05) is 38.2 Å². The molecule has 0 aliphatic carbocycles. The molecule has 4 N–H and O–H groups in total. The number of anilines is 1. The SMILES string of the molecule is C=CCN(CC=C)C(=O)C(Cl)Cl.CCc1cccc(C)c1N(C(=O)CCl)C(C)COC.COC(=O)CSc1cc(N=c2sc(=O)n3n2CCCC3)c(F)cc1Cl.O=C(O)CNCP(=O)(O)O. The molecule has 0 radical (unpaired) electrons. The minimum absolute atomic E-state index is 0.0223. The number of alkyl halides is 3. The first-order valence-electron chi connectivity index (χ1n) is 19.9. The zero-order valence-corrected chi connectivity index (χ0v) is 42.6. The Hall–Kier alpha value is -3.53. The van der Waals surface area contributed by atoms with Gasteiger partial charge in [-0.2, -0.15) is 0 Å². The van der Waals surface area contributed by atoms with Crippen molar-refractivity contribution < 1.29 is 52.5 Å². The van der Waals surface area contributed by atoms with Gasteiger partial charge in [0.05, 0.1) is 49.1 Å². The first-order valence-corrected chi connectivity index (χ1v) is 25.2. The number of amides is 2. The normalized spacial score (nSPS) is 12.5. The van der Waals surface area contributed by atoms with E-state index in [4.69, 9.17) is 66.0 Å². The standard InChI is InChI=1S/C15H15ClFN3O3S2.C15H22ClNO2.C8H11Cl2NO.C3H8NO5P/c1-23-13(21)8-24-12-7-11(10(17)6-9(12)16)18-14-19-4-2-3-5-20(19)15(22)25-14;1-5-13-8-6-7-11(2)15(13)17(14(18)9-16)12(3)10-19-4;1-3-5-11(6-4-2)8(12)7(9)10;5-3(6)1-4-2-10(7,8)9/h6-7H,2-5,8H2,1H3;6-8,12H,5,9-10H2,1-4H3;3-4,7H,1-2,5-6H2;4H,1-2H2,(H,5,6)(H2,7,8,9). The van der Waals surface area contributed by atoms with Crippen LogP contribution in [0.4, 0.5) is 15.8 Å². The smallest absolute Gasteiger partial charge is 0.339 e. The van der Waals surface area contributed by atoms with Gasteiger partial charge in [-0.3, -0.25) is 38.5 Å². The van der Waals surface area contributed by atoms with Gasteiger partial charge < -0.3 is 34.2 Å². The van der Waals surface area contributed by atoms with Crippen LogP contribution in [-0.4, -0.2) is 122 Å². The summed E-state index contributed by atoms with van der Waals surface area (Å²) in [5.74, 6) is -2.50. The van der Waals surface area contributed by atoms with Crippen LogP contribution in [0.3, 0.4) is 0 Å². The van der Waals surface area contributed by atoms with Crippen molar-refractivity contribution in [2.75, 3.05) is 63.3 Å². The van der Waals surface area contributed by atoms with E-state index in [-0.39, 0.29) is 45.1 Å². The summed E-state index contributed by atoms with van der Waals surface area (Å²) in [4.78, 5) is 80.2. The second kappa shape index (κ2) is 31.5. The fraction of sp³-hybridized carbons (Fsp3) is 0.463. The highest BCUT2D eigenvalue weighted by molar-refractivity contribution is 8.00. The highest BCUT2D eigenvalue weighted by Gasteiger charge is 2.25. The maximum atomic E-state index is 14.3. The van der Waals surface area contributed by atoms with Crippen molar-refractivity contribution in [1.29, 1.82) is 0 Å². The Morgan fingerprint density at radius 3 is 2.24 bits per heavy atom. The van der Waals surface area contributed by atoms with E-state index in [1.54, 1.807) is 33.5 Å². The number of benzene rings is 2. The number of hydrogen-bond donors (Lipinski definition) is 4. The van der Waals surface area contributed by atoms with Crippen LogP contribution in [-0.2, 0) is 52.7 Å².